The van der Waals surface area contributed by atoms with Crippen molar-refractivity contribution in [2.24, 2.45) is 0 Å². The molecule has 2 aliphatic rings. The zero-order chi connectivity index (χ0) is 25.4. The van der Waals surface area contributed by atoms with Gasteiger partial charge in [0.25, 0.3) is 11.8 Å². The van der Waals surface area contributed by atoms with Gasteiger partial charge in [0.15, 0.2) is 0 Å². The van der Waals surface area contributed by atoms with Crippen LogP contribution < -0.4 is 10.4 Å². The van der Waals surface area contributed by atoms with E-state index in [1.54, 1.807) is 44.2 Å². The standard InChI is InChI=1S/C26H26BrClN4O4/c1-36-19-7-4-17(5-8-19)15-29-10-2-3-11-32-23(25(29)34)22-16-30(12-13-31(22)26(32)35)24(33)18-6-9-20(27)21(28)14-18/h4-9,14H,2-3,10-13,15-16H2,1H3. The average Bonchev–Trinajstić information content (AvgIpc) is 3.16. The molecule has 2 aliphatic heterocycles. The first kappa shape index (κ1) is 24.6. The van der Waals surface area contributed by atoms with Crippen molar-refractivity contribution >= 4 is 39.3 Å². The van der Waals surface area contributed by atoms with E-state index >= 15 is 0 Å². The summed E-state index contributed by atoms with van der Waals surface area (Å²) in [5.41, 5.74) is 2.25. The van der Waals surface area contributed by atoms with Gasteiger partial charge < -0.3 is 14.5 Å². The van der Waals surface area contributed by atoms with Gasteiger partial charge in [-0.25, -0.2) is 4.79 Å². The van der Waals surface area contributed by atoms with Gasteiger partial charge in [-0.1, -0.05) is 23.7 Å². The van der Waals surface area contributed by atoms with Gasteiger partial charge in [-0.3, -0.25) is 18.7 Å². The molecule has 0 spiro atoms. The van der Waals surface area contributed by atoms with Crippen LogP contribution in [0.25, 0.3) is 0 Å². The van der Waals surface area contributed by atoms with Gasteiger partial charge in [0, 0.05) is 42.8 Å². The molecule has 3 heterocycles. The molecule has 3 aromatic rings. The highest BCUT2D eigenvalue weighted by Gasteiger charge is 2.34. The molecule has 188 valence electrons. The molecule has 0 radical (unpaired) electrons. The molecule has 0 fully saturated rings. The summed E-state index contributed by atoms with van der Waals surface area (Å²) in [5, 5.41) is 0.452. The number of hydrogen-bond acceptors (Lipinski definition) is 4. The molecular weight excluding hydrogens is 548 g/mol. The predicted octanol–water partition coefficient (Wildman–Crippen LogP) is 4.17. The van der Waals surface area contributed by atoms with E-state index in [9.17, 15) is 14.4 Å². The number of amides is 2. The highest BCUT2D eigenvalue weighted by atomic mass is 79.9. The number of rotatable bonds is 4. The van der Waals surface area contributed by atoms with Crippen LogP contribution in [0.2, 0.25) is 5.02 Å². The fourth-order valence-electron chi connectivity index (χ4n) is 4.87. The van der Waals surface area contributed by atoms with Gasteiger partial charge >= 0.3 is 5.69 Å². The molecule has 2 amide bonds. The van der Waals surface area contributed by atoms with Gasteiger partial charge in [-0.15, -0.1) is 0 Å². The summed E-state index contributed by atoms with van der Waals surface area (Å²) in [5.74, 6) is 0.388. The lowest BCUT2D eigenvalue weighted by molar-refractivity contribution is 0.0682. The number of aromatic nitrogens is 2. The van der Waals surface area contributed by atoms with Crippen molar-refractivity contribution in [3.05, 3.63) is 85.0 Å². The second-order valence-corrected chi connectivity index (χ2v) is 10.3. The number of benzene rings is 2. The number of carbonyl (C=O) groups is 2. The van der Waals surface area contributed by atoms with Crippen molar-refractivity contribution in [1.82, 2.24) is 18.9 Å². The van der Waals surface area contributed by atoms with E-state index in [0.29, 0.717) is 59.2 Å². The molecule has 0 N–H and O–H groups in total. The Morgan fingerprint density at radius 1 is 1.00 bits per heavy atom. The number of ether oxygens (including phenoxy) is 1. The minimum absolute atomic E-state index is 0.182. The second-order valence-electron chi connectivity index (χ2n) is 9.02. The number of imidazole rings is 1. The van der Waals surface area contributed by atoms with E-state index in [1.807, 2.05) is 24.3 Å². The quantitative estimate of drug-likeness (QED) is 0.470. The van der Waals surface area contributed by atoms with Gasteiger partial charge in [0.05, 0.1) is 24.4 Å². The zero-order valence-electron chi connectivity index (χ0n) is 19.9. The van der Waals surface area contributed by atoms with Crippen LogP contribution in [0.1, 0.15) is 44.9 Å². The normalized spacial score (nSPS) is 15.7. The summed E-state index contributed by atoms with van der Waals surface area (Å²) in [6.45, 7) is 2.44. The van der Waals surface area contributed by atoms with Crippen LogP contribution in [0.5, 0.6) is 5.75 Å². The summed E-state index contributed by atoms with van der Waals surface area (Å²) in [6, 6.07) is 12.7. The lowest BCUT2D eigenvalue weighted by Crippen LogP contribution is -2.41. The monoisotopic (exact) mass is 572 g/mol. The van der Waals surface area contributed by atoms with Crippen LogP contribution >= 0.6 is 27.5 Å². The smallest absolute Gasteiger partial charge is 0.329 e. The Labute approximate surface area is 222 Å². The molecule has 5 rings (SSSR count). The number of fused-ring (bicyclic) bond motifs is 3. The number of methoxy groups -OCH3 is 1. The van der Waals surface area contributed by atoms with Gasteiger partial charge in [0.1, 0.15) is 11.4 Å². The first-order chi connectivity index (χ1) is 17.4. The maximum atomic E-state index is 13.8. The summed E-state index contributed by atoms with van der Waals surface area (Å²) in [7, 11) is 1.62. The molecule has 2 aromatic carbocycles. The molecule has 0 saturated carbocycles. The van der Waals surface area contributed by atoms with Crippen molar-refractivity contribution in [2.75, 3.05) is 20.2 Å². The van der Waals surface area contributed by atoms with Crippen LogP contribution in [-0.2, 0) is 26.2 Å². The summed E-state index contributed by atoms with van der Waals surface area (Å²) >= 11 is 9.56. The van der Waals surface area contributed by atoms with Crippen LogP contribution in [0.3, 0.4) is 0 Å². The zero-order valence-corrected chi connectivity index (χ0v) is 22.2. The molecule has 8 nitrogen and oxygen atoms in total. The van der Waals surface area contributed by atoms with Gasteiger partial charge in [0.2, 0.25) is 0 Å². The average molecular weight is 574 g/mol. The van der Waals surface area contributed by atoms with E-state index in [1.165, 1.54) is 0 Å². The van der Waals surface area contributed by atoms with E-state index in [0.717, 1.165) is 24.2 Å². The van der Waals surface area contributed by atoms with Crippen molar-refractivity contribution < 1.29 is 14.3 Å². The molecule has 0 aliphatic carbocycles. The van der Waals surface area contributed by atoms with Gasteiger partial charge in [-0.05, 0) is 64.7 Å². The van der Waals surface area contributed by atoms with Crippen molar-refractivity contribution in [3.8, 4) is 5.75 Å². The molecule has 36 heavy (non-hydrogen) atoms. The van der Waals surface area contributed by atoms with Crippen molar-refractivity contribution in [3.63, 3.8) is 0 Å². The van der Waals surface area contributed by atoms with Gasteiger partial charge in [-0.2, -0.15) is 0 Å². The molecular formula is C26H26BrClN4O4. The molecule has 10 heteroatoms. The Morgan fingerprint density at radius 3 is 2.47 bits per heavy atom. The first-order valence-corrected chi connectivity index (χ1v) is 13.0. The Balaban J connectivity index is 1.46. The third kappa shape index (κ3) is 4.57. The Hall–Kier alpha value is -3.04. The minimum Gasteiger partial charge on any atom is -0.497 e. The number of nitrogens with zero attached hydrogens (tertiary/aromatic N) is 4. The van der Waals surface area contributed by atoms with Crippen LogP contribution in [0, 0.1) is 0 Å². The van der Waals surface area contributed by atoms with Crippen LogP contribution in [0.15, 0.2) is 51.7 Å². The molecule has 1 aromatic heterocycles. The minimum atomic E-state index is -0.184. The Bertz CT molecular complexity index is 1380. The maximum absolute atomic E-state index is 13.8. The largest absolute Gasteiger partial charge is 0.497 e. The van der Waals surface area contributed by atoms with Crippen LogP contribution in [0.4, 0.5) is 0 Å². The van der Waals surface area contributed by atoms with Crippen LogP contribution in [-0.4, -0.2) is 50.9 Å². The lowest BCUT2D eigenvalue weighted by Gasteiger charge is -2.30. The molecule has 0 unspecified atom stereocenters. The summed E-state index contributed by atoms with van der Waals surface area (Å²) < 4.78 is 9.21. The first-order valence-electron chi connectivity index (χ1n) is 11.9. The Kier molecular flexibility index (Phi) is 6.94. The SMILES string of the molecule is COc1ccc(CN2CCCCn3c(c4n(c3=O)CCN(C(=O)c3ccc(Br)c(Cl)c3)C4)C2=O)cc1. The third-order valence-electron chi connectivity index (χ3n) is 6.80. The number of halogens is 2. The third-order valence-corrected chi connectivity index (χ3v) is 8.03. The Morgan fingerprint density at radius 2 is 1.75 bits per heavy atom. The highest BCUT2D eigenvalue weighted by Crippen LogP contribution is 2.26. The van der Waals surface area contributed by atoms with E-state index in [4.69, 9.17) is 16.3 Å². The highest BCUT2D eigenvalue weighted by molar-refractivity contribution is 9.10. The maximum Gasteiger partial charge on any atom is 0.329 e. The molecule has 0 atom stereocenters. The van der Waals surface area contributed by atoms with E-state index < -0.39 is 0 Å². The van der Waals surface area contributed by atoms with Crippen molar-refractivity contribution in [2.45, 2.75) is 39.0 Å². The lowest BCUT2D eigenvalue weighted by atomic mass is 10.1. The number of carbonyl (C=O) groups excluding carboxylic acids is 2. The fraction of sp³-hybridized carbons (Fsp3) is 0.346. The molecule has 0 bridgehead atoms. The molecule has 0 saturated heterocycles. The summed E-state index contributed by atoms with van der Waals surface area (Å²) in [4.78, 5) is 43.8. The number of hydrogen-bond donors (Lipinski definition) is 0. The topological polar surface area (TPSA) is 76.8 Å². The van der Waals surface area contributed by atoms with E-state index in [2.05, 4.69) is 15.9 Å². The fourth-order valence-corrected chi connectivity index (χ4v) is 5.30. The van der Waals surface area contributed by atoms with E-state index in [-0.39, 0.29) is 24.0 Å². The van der Waals surface area contributed by atoms with Crippen molar-refractivity contribution in [1.29, 1.82) is 0 Å². The summed E-state index contributed by atoms with van der Waals surface area (Å²) in [6.07, 6.45) is 1.60. The second kappa shape index (κ2) is 10.1. The predicted molar refractivity (Wildman–Crippen MR) is 140 cm³/mol.